The maximum absolute atomic E-state index is 9.23. The van der Waals surface area contributed by atoms with E-state index in [1.54, 1.807) is 16.0 Å². The lowest BCUT2D eigenvalue weighted by Gasteiger charge is -2.07. The van der Waals surface area contributed by atoms with Crippen LogP contribution in [0.5, 0.6) is 0 Å². The lowest BCUT2D eigenvalue weighted by atomic mass is 10.1. The highest BCUT2D eigenvalue weighted by Crippen LogP contribution is 2.24. The summed E-state index contributed by atoms with van der Waals surface area (Å²) in [5.74, 6) is 0.856. The number of hydrogen-bond donors (Lipinski definition) is 2. The van der Waals surface area contributed by atoms with Crippen LogP contribution in [0.15, 0.2) is 35.7 Å². The molecule has 0 fully saturated rings. The number of aliphatic hydroxyl groups is 1. The van der Waals surface area contributed by atoms with Gasteiger partial charge < -0.3 is 10.4 Å². The Morgan fingerprint density at radius 2 is 2.09 bits per heavy atom. The summed E-state index contributed by atoms with van der Waals surface area (Å²) >= 11 is 7.56. The van der Waals surface area contributed by atoms with Crippen molar-refractivity contribution in [3.63, 3.8) is 0 Å². The van der Waals surface area contributed by atoms with Gasteiger partial charge in [0, 0.05) is 22.0 Å². The SMILES string of the molecule is Cc1nc(CNc2cc(-c3ccc(Cl)cc3)nn2CCO)cs1. The second-order valence-electron chi connectivity index (χ2n) is 5.08. The summed E-state index contributed by atoms with van der Waals surface area (Å²) in [5.41, 5.74) is 2.82. The fourth-order valence-corrected chi connectivity index (χ4v) is 3.00. The van der Waals surface area contributed by atoms with Gasteiger partial charge in [-0.1, -0.05) is 23.7 Å². The number of anilines is 1. The maximum atomic E-state index is 9.23. The second kappa shape index (κ2) is 7.12. The molecule has 0 bridgehead atoms. The van der Waals surface area contributed by atoms with E-state index in [-0.39, 0.29) is 6.61 Å². The van der Waals surface area contributed by atoms with Gasteiger partial charge >= 0.3 is 0 Å². The smallest absolute Gasteiger partial charge is 0.125 e. The fourth-order valence-electron chi connectivity index (χ4n) is 2.26. The normalized spacial score (nSPS) is 10.9. The molecule has 0 atom stereocenters. The average Bonchev–Trinajstić information content (AvgIpc) is 3.13. The summed E-state index contributed by atoms with van der Waals surface area (Å²) in [6.07, 6.45) is 0. The van der Waals surface area contributed by atoms with Gasteiger partial charge in [0.2, 0.25) is 0 Å². The Labute approximate surface area is 143 Å². The number of hydrogen-bond acceptors (Lipinski definition) is 5. The zero-order chi connectivity index (χ0) is 16.2. The van der Waals surface area contributed by atoms with Crippen LogP contribution >= 0.6 is 22.9 Å². The van der Waals surface area contributed by atoms with Crippen LogP contribution in [0, 0.1) is 6.92 Å². The van der Waals surface area contributed by atoms with Gasteiger partial charge in [0.05, 0.1) is 36.1 Å². The molecule has 1 aromatic carbocycles. The highest BCUT2D eigenvalue weighted by atomic mass is 35.5. The molecule has 23 heavy (non-hydrogen) atoms. The summed E-state index contributed by atoms with van der Waals surface area (Å²) in [6, 6.07) is 9.52. The Bertz CT molecular complexity index is 782. The van der Waals surface area contributed by atoms with Crippen LogP contribution in [0.1, 0.15) is 10.7 Å². The van der Waals surface area contributed by atoms with Crippen LogP contribution in [0.2, 0.25) is 5.02 Å². The fraction of sp³-hybridized carbons (Fsp3) is 0.250. The first-order chi connectivity index (χ1) is 11.2. The molecule has 120 valence electrons. The lowest BCUT2D eigenvalue weighted by molar-refractivity contribution is 0.270. The Kier molecular flexibility index (Phi) is 4.95. The molecular formula is C16H17ClN4OS. The van der Waals surface area contributed by atoms with Gasteiger partial charge in [0.15, 0.2) is 0 Å². The zero-order valence-electron chi connectivity index (χ0n) is 12.7. The second-order valence-corrected chi connectivity index (χ2v) is 6.58. The topological polar surface area (TPSA) is 63.0 Å². The quantitative estimate of drug-likeness (QED) is 0.714. The van der Waals surface area contributed by atoms with E-state index < -0.39 is 0 Å². The van der Waals surface area contributed by atoms with E-state index in [9.17, 15) is 5.11 Å². The van der Waals surface area contributed by atoms with Crippen molar-refractivity contribution in [1.29, 1.82) is 0 Å². The minimum absolute atomic E-state index is 0.0340. The minimum Gasteiger partial charge on any atom is -0.394 e. The number of aliphatic hydroxyl groups excluding tert-OH is 1. The molecule has 0 spiro atoms. The Morgan fingerprint density at radius 1 is 1.30 bits per heavy atom. The molecule has 0 aliphatic carbocycles. The van der Waals surface area contributed by atoms with Gasteiger partial charge in [0.25, 0.3) is 0 Å². The summed E-state index contributed by atoms with van der Waals surface area (Å²) in [6.45, 7) is 3.09. The number of aryl methyl sites for hydroxylation is 1. The van der Waals surface area contributed by atoms with E-state index in [1.807, 2.05) is 42.6 Å². The van der Waals surface area contributed by atoms with E-state index in [1.165, 1.54) is 0 Å². The third-order valence-electron chi connectivity index (χ3n) is 3.35. The van der Waals surface area contributed by atoms with Crippen LogP contribution < -0.4 is 5.32 Å². The molecule has 0 saturated heterocycles. The van der Waals surface area contributed by atoms with E-state index in [0.29, 0.717) is 18.1 Å². The molecular weight excluding hydrogens is 332 g/mol. The molecule has 7 heteroatoms. The Morgan fingerprint density at radius 3 is 2.74 bits per heavy atom. The van der Waals surface area contributed by atoms with Gasteiger partial charge in [-0.15, -0.1) is 11.3 Å². The first-order valence-corrected chi connectivity index (χ1v) is 8.51. The van der Waals surface area contributed by atoms with Crippen LogP contribution in [-0.2, 0) is 13.1 Å². The summed E-state index contributed by atoms with van der Waals surface area (Å²) in [7, 11) is 0. The summed E-state index contributed by atoms with van der Waals surface area (Å²) < 4.78 is 1.77. The molecule has 3 rings (SSSR count). The molecule has 0 saturated carbocycles. The van der Waals surface area contributed by atoms with Gasteiger partial charge in [-0.05, 0) is 19.1 Å². The van der Waals surface area contributed by atoms with Crippen molar-refractivity contribution in [2.75, 3.05) is 11.9 Å². The van der Waals surface area contributed by atoms with Crippen LogP contribution in [0.25, 0.3) is 11.3 Å². The van der Waals surface area contributed by atoms with Crippen LogP contribution in [-0.4, -0.2) is 26.5 Å². The molecule has 3 aromatic rings. The predicted octanol–water partition coefficient (Wildman–Crippen LogP) is 3.57. The molecule has 0 amide bonds. The van der Waals surface area contributed by atoms with E-state index in [0.717, 1.165) is 27.8 Å². The Hall–Kier alpha value is -1.89. The molecule has 0 aliphatic rings. The van der Waals surface area contributed by atoms with Crippen molar-refractivity contribution in [1.82, 2.24) is 14.8 Å². The molecule has 5 nitrogen and oxygen atoms in total. The number of thiazole rings is 1. The Balaban J connectivity index is 1.81. The minimum atomic E-state index is 0.0340. The molecule has 2 aromatic heterocycles. The van der Waals surface area contributed by atoms with Crippen molar-refractivity contribution in [3.8, 4) is 11.3 Å². The predicted molar refractivity (Wildman–Crippen MR) is 93.9 cm³/mol. The first kappa shape index (κ1) is 16.0. The lowest BCUT2D eigenvalue weighted by Crippen LogP contribution is -2.10. The largest absolute Gasteiger partial charge is 0.394 e. The maximum Gasteiger partial charge on any atom is 0.125 e. The van der Waals surface area contributed by atoms with Crippen molar-refractivity contribution in [2.45, 2.75) is 20.0 Å². The van der Waals surface area contributed by atoms with Crippen molar-refractivity contribution in [3.05, 3.63) is 51.4 Å². The van der Waals surface area contributed by atoms with Crippen molar-refractivity contribution < 1.29 is 5.11 Å². The van der Waals surface area contributed by atoms with Crippen molar-refractivity contribution >= 4 is 28.8 Å². The van der Waals surface area contributed by atoms with E-state index in [2.05, 4.69) is 15.4 Å². The van der Waals surface area contributed by atoms with Gasteiger partial charge in [-0.2, -0.15) is 5.10 Å². The number of nitrogens with zero attached hydrogens (tertiary/aromatic N) is 3. The molecule has 0 unspecified atom stereocenters. The molecule has 2 N–H and O–H groups in total. The number of rotatable bonds is 6. The van der Waals surface area contributed by atoms with Crippen LogP contribution in [0.4, 0.5) is 5.82 Å². The molecule has 0 aliphatic heterocycles. The molecule has 2 heterocycles. The monoisotopic (exact) mass is 348 g/mol. The average molecular weight is 349 g/mol. The number of nitrogens with one attached hydrogen (secondary N) is 1. The number of aromatic nitrogens is 3. The number of halogens is 1. The number of benzene rings is 1. The zero-order valence-corrected chi connectivity index (χ0v) is 14.2. The van der Waals surface area contributed by atoms with Crippen molar-refractivity contribution in [2.24, 2.45) is 0 Å². The standard InChI is InChI=1S/C16H17ClN4OS/c1-11-19-14(10-23-11)9-18-16-8-15(20-21(16)6-7-22)12-2-4-13(17)5-3-12/h2-5,8,10,18,22H,6-7,9H2,1H3. The summed E-state index contributed by atoms with van der Waals surface area (Å²) in [5, 5.41) is 20.9. The summed E-state index contributed by atoms with van der Waals surface area (Å²) in [4.78, 5) is 4.44. The van der Waals surface area contributed by atoms with Gasteiger partial charge in [-0.3, -0.25) is 0 Å². The van der Waals surface area contributed by atoms with Gasteiger partial charge in [-0.25, -0.2) is 9.67 Å². The molecule has 0 radical (unpaired) electrons. The third-order valence-corrected chi connectivity index (χ3v) is 4.42. The van der Waals surface area contributed by atoms with Crippen LogP contribution in [0.3, 0.4) is 0 Å². The first-order valence-electron chi connectivity index (χ1n) is 7.25. The van der Waals surface area contributed by atoms with E-state index in [4.69, 9.17) is 11.6 Å². The third kappa shape index (κ3) is 3.90. The van der Waals surface area contributed by atoms with E-state index >= 15 is 0 Å². The highest BCUT2D eigenvalue weighted by Gasteiger charge is 2.10. The highest BCUT2D eigenvalue weighted by molar-refractivity contribution is 7.09. The van der Waals surface area contributed by atoms with Gasteiger partial charge in [0.1, 0.15) is 5.82 Å².